The Morgan fingerprint density at radius 3 is 2.90 bits per heavy atom. The number of Topliss-reactive ketones (excluding diaryl/α,β-unsaturated/α-hetero) is 1. The minimum atomic E-state index is -1.26. The van der Waals surface area contributed by atoms with E-state index in [0.29, 0.717) is 12.2 Å². The van der Waals surface area contributed by atoms with Crippen LogP contribution in [-0.2, 0) is 28.0 Å². The quantitative estimate of drug-likeness (QED) is 0.666. The molecule has 5 atom stereocenters. The molecule has 2 saturated carbocycles. The zero-order valence-corrected chi connectivity index (χ0v) is 18.7. The Morgan fingerprint density at radius 1 is 1.40 bits per heavy atom. The lowest BCUT2D eigenvalue weighted by Crippen LogP contribution is -2.76. The van der Waals surface area contributed by atoms with Gasteiger partial charge in [0.1, 0.15) is 17.5 Å². The van der Waals surface area contributed by atoms with E-state index in [1.807, 2.05) is 19.1 Å². The van der Waals surface area contributed by atoms with E-state index in [0.717, 1.165) is 43.2 Å². The monoisotopic (exact) mass is 432 g/mol. The molecule has 0 aromatic heterocycles. The number of carbonyl (C=O) groups excluding carboxylic acids is 1. The number of likely N-dealkylation sites (tertiary alicyclic amines) is 1. The van der Waals surface area contributed by atoms with Gasteiger partial charge in [-0.05, 0) is 68.3 Å². The number of fused-ring (bicyclic) bond motifs is 1. The minimum absolute atomic E-state index is 0.0137. The summed E-state index contributed by atoms with van der Waals surface area (Å²) in [5.41, 5.74) is 0.684. The van der Waals surface area contributed by atoms with Crippen LogP contribution in [0.1, 0.15) is 50.2 Å². The molecule has 30 heavy (non-hydrogen) atoms. The van der Waals surface area contributed by atoms with E-state index in [1.165, 1.54) is 18.4 Å². The summed E-state index contributed by atoms with van der Waals surface area (Å²) in [5, 5.41) is 12.4. The summed E-state index contributed by atoms with van der Waals surface area (Å²) in [6, 6.07) is 5.57. The summed E-state index contributed by atoms with van der Waals surface area (Å²) in [5.74, 6) is 2.02. The van der Waals surface area contributed by atoms with E-state index in [2.05, 4.69) is 15.7 Å². The molecule has 3 aliphatic carbocycles. The fraction of sp³-hybridized carbons (Fsp3) is 0.696. The molecule has 1 aromatic carbocycles. The second-order valence-corrected chi connectivity index (χ2v) is 11.1. The van der Waals surface area contributed by atoms with Gasteiger partial charge < -0.3 is 14.4 Å². The summed E-state index contributed by atoms with van der Waals surface area (Å²) in [7, 11) is 1.65. The molecular weight excluding hydrogens is 400 g/mol. The highest BCUT2D eigenvalue weighted by atomic mass is 32.2. The second-order valence-electron chi connectivity index (χ2n) is 9.59. The highest BCUT2D eigenvalue weighted by Crippen LogP contribution is 2.58. The zero-order chi connectivity index (χ0) is 21.1. The fourth-order valence-corrected chi connectivity index (χ4v) is 6.92. The van der Waals surface area contributed by atoms with Crippen LogP contribution in [0.2, 0.25) is 0 Å². The zero-order valence-electron chi connectivity index (χ0n) is 17.9. The molecule has 1 unspecified atom stereocenters. The molecule has 3 fully saturated rings. The molecule has 0 radical (unpaired) electrons. The second kappa shape index (κ2) is 7.48. The predicted molar refractivity (Wildman–Crippen MR) is 116 cm³/mol. The van der Waals surface area contributed by atoms with E-state index in [1.54, 1.807) is 7.11 Å². The summed E-state index contributed by atoms with van der Waals surface area (Å²) in [6.07, 6.45) is 4.71. The van der Waals surface area contributed by atoms with Crippen molar-refractivity contribution in [2.24, 2.45) is 5.92 Å². The first-order chi connectivity index (χ1) is 14.4. The van der Waals surface area contributed by atoms with Crippen LogP contribution >= 0.6 is 0 Å². The number of hydrogen-bond acceptors (Lipinski definition) is 6. The number of ketones is 1. The Bertz CT molecular complexity index is 846. The number of nitrogens with one attached hydrogen (secondary N) is 1. The van der Waals surface area contributed by atoms with Crippen molar-refractivity contribution in [1.29, 1.82) is 0 Å². The molecule has 1 heterocycles. The van der Waals surface area contributed by atoms with Gasteiger partial charge in [-0.2, -0.15) is 0 Å². The summed E-state index contributed by atoms with van der Waals surface area (Å²) in [6.45, 7) is 3.77. The molecule has 164 valence electrons. The highest BCUT2D eigenvalue weighted by molar-refractivity contribution is 7.89. The molecular formula is C23H32N2O4S. The van der Waals surface area contributed by atoms with E-state index in [9.17, 15) is 14.5 Å². The van der Waals surface area contributed by atoms with Crippen LogP contribution in [-0.4, -0.2) is 64.0 Å². The van der Waals surface area contributed by atoms with Gasteiger partial charge >= 0.3 is 0 Å². The van der Waals surface area contributed by atoms with Crippen LogP contribution in [0.3, 0.4) is 0 Å². The van der Waals surface area contributed by atoms with Crippen LogP contribution in [0.25, 0.3) is 0 Å². The van der Waals surface area contributed by atoms with Gasteiger partial charge in [0.15, 0.2) is 5.78 Å². The van der Waals surface area contributed by atoms with Gasteiger partial charge in [-0.3, -0.25) is 9.69 Å². The summed E-state index contributed by atoms with van der Waals surface area (Å²) < 4.78 is 20.7. The Hall–Kier alpha value is -1.12. The largest absolute Gasteiger partial charge is 0.598 e. The maximum Gasteiger partial charge on any atom is 0.155 e. The molecule has 6 nitrogen and oxygen atoms in total. The number of rotatable bonds is 6. The number of aliphatic hydroxyl groups is 1. The van der Waals surface area contributed by atoms with Crippen molar-refractivity contribution in [3.63, 3.8) is 0 Å². The van der Waals surface area contributed by atoms with E-state index >= 15 is 0 Å². The van der Waals surface area contributed by atoms with Gasteiger partial charge in [0.25, 0.3) is 0 Å². The van der Waals surface area contributed by atoms with Crippen molar-refractivity contribution < 1.29 is 19.2 Å². The van der Waals surface area contributed by atoms with Crippen molar-refractivity contribution in [2.45, 2.75) is 68.5 Å². The smallest absolute Gasteiger partial charge is 0.155 e. The third-order valence-electron chi connectivity index (χ3n) is 8.00. The maximum atomic E-state index is 13.2. The number of benzene rings is 1. The Morgan fingerprint density at radius 2 is 2.20 bits per heavy atom. The first-order valence-electron chi connectivity index (χ1n) is 11.2. The van der Waals surface area contributed by atoms with Gasteiger partial charge in [-0.25, -0.2) is 0 Å². The van der Waals surface area contributed by atoms with Crippen molar-refractivity contribution >= 4 is 17.1 Å². The van der Waals surface area contributed by atoms with Crippen molar-refractivity contribution in [3.05, 3.63) is 29.3 Å². The molecule has 1 aromatic rings. The number of hydrogen-bond donors (Lipinski definition) is 2. The average molecular weight is 433 g/mol. The fourth-order valence-electron chi connectivity index (χ4n) is 6.22. The van der Waals surface area contributed by atoms with Crippen LogP contribution in [0.15, 0.2) is 18.2 Å². The Labute approximate surface area is 181 Å². The molecule has 5 rings (SSSR count). The minimum Gasteiger partial charge on any atom is -0.598 e. The number of carbonyl (C=O) groups is 1. The lowest BCUT2D eigenvalue weighted by atomic mass is 9.48. The van der Waals surface area contributed by atoms with E-state index in [-0.39, 0.29) is 18.2 Å². The topological polar surface area (TPSA) is 84.9 Å². The number of ether oxygens (including phenoxy) is 1. The first kappa shape index (κ1) is 20.8. The van der Waals surface area contributed by atoms with Gasteiger partial charge in [-0.15, -0.1) is 4.72 Å². The molecule has 2 bridgehead atoms. The van der Waals surface area contributed by atoms with E-state index in [4.69, 9.17) is 4.74 Å². The lowest BCUT2D eigenvalue weighted by Gasteiger charge is -2.64. The highest BCUT2D eigenvalue weighted by Gasteiger charge is 2.67. The van der Waals surface area contributed by atoms with Crippen LogP contribution < -0.4 is 9.46 Å². The summed E-state index contributed by atoms with van der Waals surface area (Å²) in [4.78, 5) is 15.7. The molecule has 0 amide bonds. The molecule has 2 N–H and O–H groups in total. The van der Waals surface area contributed by atoms with Gasteiger partial charge in [0.2, 0.25) is 0 Å². The molecule has 1 saturated heterocycles. The third-order valence-corrected chi connectivity index (χ3v) is 9.07. The Kier molecular flexibility index (Phi) is 5.18. The average Bonchev–Trinajstić information content (AvgIpc) is 3.55. The van der Waals surface area contributed by atoms with Crippen LogP contribution in [0.4, 0.5) is 0 Å². The molecule has 1 aliphatic heterocycles. The maximum absolute atomic E-state index is 13.2. The van der Waals surface area contributed by atoms with Gasteiger partial charge in [-0.1, -0.05) is 6.07 Å². The van der Waals surface area contributed by atoms with Crippen LogP contribution in [0.5, 0.6) is 5.75 Å². The molecule has 4 aliphatic rings. The van der Waals surface area contributed by atoms with Gasteiger partial charge in [0.05, 0.1) is 12.7 Å². The third kappa shape index (κ3) is 3.13. The van der Waals surface area contributed by atoms with Gasteiger partial charge in [0, 0.05) is 42.2 Å². The standard InChI is InChI=1S/C23H32N2O4S/c1-3-30(28)24-19-12-23(27)21-10-16-6-7-17(29-2)11-18(16)22(23,13-20(19)26)8-9-25(21)14-15-4-5-15/h6-7,11,15,19,21,24,27H,3-5,8-10,12-14H2,1-2H3/t19-,21+,22+,23+,30?/m0/s1. The number of methoxy groups -OCH3 is 1. The SMILES string of the molecule is CC[S+]([O-])N[C@H]1C[C@@]2(O)[C@H]3Cc4ccc(OC)cc4[C@@]2(CCN3CC2CC2)CC1=O. The summed E-state index contributed by atoms with van der Waals surface area (Å²) >= 11 is -1.26. The van der Waals surface area contributed by atoms with E-state index < -0.39 is 28.4 Å². The number of piperidine rings is 1. The van der Waals surface area contributed by atoms with Crippen molar-refractivity contribution in [3.8, 4) is 5.75 Å². The van der Waals surface area contributed by atoms with Crippen molar-refractivity contribution in [1.82, 2.24) is 9.62 Å². The predicted octanol–water partition coefficient (Wildman–Crippen LogP) is 1.71. The molecule has 7 heteroatoms. The first-order valence-corrected chi connectivity index (χ1v) is 12.5. The molecule has 0 spiro atoms. The number of nitrogens with zero attached hydrogens (tertiary/aromatic N) is 1. The lowest BCUT2D eigenvalue weighted by molar-refractivity contribution is -0.176. The normalized spacial score (nSPS) is 36.7. The van der Waals surface area contributed by atoms with Crippen molar-refractivity contribution in [2.75, 3.05) is 26.0 Å². The van der Waals surface area contributed by atoms with Crippen LogP contribution in [0, 0.1) is 5.92 Å². The Balaban J connectivity index is 1.58.